The van der Waals surface area contributed by atoms with E-state index >= 15 is 0 Å². The van der Waals surface area contributed by atoms with Crippen LogP contribution in [-0.2, 0) is 0 Å². The van der Waals surface area contributed by atoms with Crippen molar-refractivity contribution in [2.24, 2.45) is 5.92 Å². The molecule has 2 unspecified atom stereocenters. The van der Waals surface area contributed by atoms with Gasteiger partial charge in [-0.3, -0.25) is 0 Å². The second kappa shape index (κ2) is 4.80. The van der Waals surface area contributed by atoms with E-state index < -0.39 is 0 Å². The highest BCUT2D eigenvalue weighted by Crippen LogP contribution is 2.23. The highest BCUT2D eigenvalue weighted by Gasteiger charge is 2.24. The smallest absolute Gasteiger partial charge is 0.00708 e. The van der Waals surface area contributed by atoms with E-state index in [0.717, 1.165) is 18.4 Å². The highest BCUT2D eigenvalue weighted by atomic mass is 15.0. The van der Waals surface area contributed by atoms with Crippen LogP contribution in [0.15, 0.2) is 12.2 Å². The largest absolute Gasteiger partial charge is 0.311 e. The molecule has 0 radical (unpaired) electrons. The molecule has 1 aliphatic rings. The van der Waals surface area contributed by atoms with Gasteiger partial charge in [0, 0.05) is 12.1 Å². The molecule has 0 spiro atoms. The number of allylic oxidation sites excluding steroid dienone is 1. The van der Waals surface area contributed by atoms with Crippen LogP contribution in [0.3, 0.4) is 0 Å². The summed E-state index contributed by atoms with van der Waals surface area (Å²) in [5, 5.41) is 3.64. The van der Waals surface area contributed by atoms with E-state index in [0.29, 0.717) is 6.04 Å². The summed E-state index contributed by atoms with van der Waals surface area (Å²) >= 11 is 0. The van der Waals surface area contributed by atoms with Crippen molar-refractivity contribution < 1.29 is 0 Å². The Bertz CT molecular complexity index is 170. The zero-order chi connectivity index (χ0) is 9.84. The topological polar surface area (TPSA) is 12.0 Å². The summed E-state index contributed by atoms with van der Waals surface area (Å²) in [7, 11) is 0. The second-order valence-electron chi connectivity index (χ2n) is 4.51. The lowest BCUT2D eigenvalue weighted by atomic mass is 9.94. The van der Waals surface area contributed by atoms with Gasteiger partial charge in [-0.2, -0.15) is 0 Å². The van der Waals surface area contributed by atoms with Crippen molar-refractivity contribution in [3.05, 3.63) is 12.2 Å². The van der Waals surface area contributed by atoms with Crippen molar-refractivity contribution in [1.82, 2.24) is 5.32 Å². The third-order valence-electron chi connectivity index (χ3n) is 3.04. The molecular weight excluding hydrogens is 158 g/mol. The van der Waals surface area contributed by atoms with E-state index in [1.807, 2.05) is 0 Å². The van der Waals surface area contributed by atoms with E-state index in [1.54, 1.807) is 0 Å². The van der Waals surface area contributed by atoms with Gasteiger partial charge in [-0.1, -0.05) is 26.0 Å². The van der Waals surface area contributed by atoms with Crippen molar-refractivity contribution in [2.75, 3.05) is 0 Å². The van der Waals surface area contributed by atoms with Crippen molar-refractivity contribution in [1.29, 1.82) is 0 Å². The minimum absolute atomic E-state index is 0.649. The van der Waals surface area contributed by atoms with Crippen molar-refractivity contribution in [2.45, 2.75) is 58.5 Å². The molecule has 0 aliphatic heterocycles. The van der Waals surface area contributed by atoms with E-state index in [9.17, 15) is 0 Å². The minimum atomic E-state index is 0.649. The number of hydrogen-bond acceptors (Lipinski definition) is 1. The molecule has 0 aromatic carbocycles. The lowest BCUT2D eigenvalue weighted by Gasteiger charge is -2.21. The summed E-state index contributed by atoms with van der Waals surface area (Å²) < 4.78 is 0. The van der Waals surface area contributed by atoms with Gasteiger partial charge in [-0.15, -0.1) is 0 Å². The van der Waals surface area contributed by atoms with Gasteiger partial charge >= 0.3 is 0 Å². The first-order valence-corrected chi connectivity index (χ1v) is 5.56. The van der Waals surface area contributed by atoms with Gasteiger partial charge in [0.25, 0.3) is 0 Å². The minimum Gasteiger partial charge on any atom is -0.311 e. The van der Waals surface area contributed by atoms with Crippen LogP contribution in [-0.4, -0.2) is 12.1 Å². The van der Waals surface area contributed by atoms with E-state index in [2.05, 4.69) is 32.7 Å². The maximum absolute atomic E-state index is 4.06. The van der Waals surface area contributed by atoms with Gasteiger partial charge in [0.1, 0.15) is 0 Å². The molecule has 1 aliphatic carbocycles. The molecule has 0 amide bonds. The molecule has 13 heavy (non-hydrogen) atoms. The van der Waals surface area contributed by atoms with E-state index in [-0.39, 0.29) is 0 Å². The first-order valence-electron chi connectivity index (χ1n) is 5.56. The molecule has 1 saturated carbocycles. The first-order chi connectivity index (χ1) is 6.13. The molecule has 1 fully saturated rings. The molecule has 1 rings (SSSR count). The Kier molecular flexibility index (Phi) is 3.98. The molecule has 2 atom stereocenters. The summed E-state index contributed by atoms with van der Waals surface area (Å²) in [6.45, 7) is 10.9. The van der Waals surface area contributed by atoms with Gasteiger partial charge in [0.2, 0.25) is 0 Å². The van der Waals surface area contributed by atoms with Crippen LogP contribution in [0.4, 0.5) is 0 Å². The molecule has 0 heterocycles. The van der Waals surface area contributed by atoms with Crippen molar-refractivity contribution in [3.63, 3.8) is 0 Å². The Labute approximate surface area is 82.6 Å². The van der Waals surface area contributed by atoms with Gasteiger partial charge in [-0.25, -0.2) is 0 Å². The maximum Gasteiger partial charge on any atom is 0.00708 e. The summed E-state index contributed by atoms with van der Waals surface area (Å²) in [6, 6.07) is 1.48. The Hall–Kier alpha value is -0.300. The standard InChI is InChI=1S/C12H23N/c1-5-9(2)8-10(3)11(4)13-12-6-7-12/h10-13H,2,5-8H2,1,3-4H3. The lowest BCUT2D eigenvalue weighted by Crippen LogP contribution is -2.33. The SMILES string of the molecule is C=C(CC)CC(C)C(C)NC1CC1. The molecule has 0 aromatic rings. The van der Waals surface area contributed by atoms with Gasteiger partial charge in [0.05, 0.1) is 0 Å². The summed E-state index contributed by atoms with van der Waals surface area (Å²) in [4.78, 5) is 0. The van der Waals surface area contributed by atoms with Crippen LogP contribution < -0.4 is 5.32 Å². The zero-order valence-electron chi connectivity index (χ0n) is 9.27. The fourth-order valence-electron chi connectivity index (χ4n) is 1.56. The summed E-state index contributed by atoms with van der Waals surface area (Å²) in [5.41, 5.74) is 1.39. The number of hydrogen-bond donors (Lipinski definition) is 1. The summed E-state index contributed by atoms with van der Waals surface area (Å²) in [6.07, 6.45) is 5.06. The highest BCUT2D eigenvalue weighted by molar-refractivity contribution is 4.96. The third kappa shape index (κ3) is 3.95. The quantitative estimate of drug-likeness (QED) is 0.621. The van der Waals surface area contributed by atoms with Crippen LogP contribution in [0.1, 0.15) is 46.5 Å². The first kappa shape index (κ1) is 10.8. The van der Waals surface area contributed by atoms with Gasteiger partial charge in [-0.05, 0) is 38.5 Å². The number of rotatable bonds is 6. The average Bonchev–Trinajstić information content (AvgIpc) is 2.87. The predicted molar refractivity (Wildman–Crippen MR) is 58.8 cm³/mol. The fraction of sp³-hybridized carbons (Fsp3) is 0.833. The molecule has 1 heteroatoms. The zero-order valence-corrected chi connectivity index (χ0v) is 9.27. The van der Waals surface area contributed by atoms with Crippen molar-refractivity contribution in [3.8, 4) is 0 Å². The Balaban J connectivity index is 2.19. The molecule has 1 nitrogen and oxygen atoms in total. The van der Waals surface area contributed by atoms with E-state index in [1.165, 1.54) is 24.8 Å². The van der Waals surface area contributed by atoms with Crippen LogP contribution >= 0.6 is 0 Å². The number of nitrogens with one attached hydrogen (secondary N) is 1. The second-order valence-corrected chi connectivity index (χ2v) is 4.51. The molecule has 0 aromatic heterocycles. The van der Waals surface area contributed by atoms with Crippen LogP contribution in [0.2, 0.25) is 0 Å². The van der Waals surface area contributed by atoms with Crippen LogP contribution in [0.25, 0.3) is 0 Å². The van der Waals surface area contributed by atoms with Crippen LogP contribution in [0, 0.1) is 5.92 Å². The fourth-order valence-corrected chi connectivity index (χ4v) is 1.56. The van der Waals surface area contributed by atoms with Crippen molar-refractivity contribution >= 4 is 0 Å². The molecule has 0 bridgehead atoms. The normalized spacial score (nSPS) is 21.2. The molecule has 76 valence electrons. The Morgan fingerprint density at radius 2 is 2.08 bits per heavy atom. The van der Waals surface area contributed by atoms with Gasteiger partial charge < -0.3 is 5.32 Å². The lowest BCUT2D eigenvalue weighted by molar-refractivity contribution is 0.393. The summed E-state index contributed by atoms with van der Waals surface area (Å²) in [5.74, 6) is 0.730. The third-order valence-corrected chi connectivity index (χ3v) is 3.04. The Morgan fingerprint density at radius 1 is 1.46 bits per heavy atom. The Morgan fingerprint density at radius 3 is 2.54 bits per heavy atom. The van der Waals surface area contributed by atoms with Gasteiger partial charge in [0.15, 0.2) is 0 Å². The average molecular weight is 181 g/mol. The molecular formula is C12H23N. The van der Waals surface area contributed by atoms with E-state index in [4.69, 9.17) is 0 Å². The predicted octanol–water partition coefficient (Wildman–Crippen LogP) is 3.12. The monoisotopic (exact) mass is 181 g/mol. The molecule has 0 saturated heterocycles. The maximum atomic E-state index is 4.06. The molecule has 1 N–H and O–H groups in total. The van der Waals surface area contributed by atoms with Crippen LogP contribution in [0.5, 0.6) is 0 Å².